The fraction of sp³-hybridized carbons (Fsp3) is 0.143. The number of hydrogen-bond acceptors (Lipinski definition) is 7. The van der Waals surface area contributed by atoms with E-state index in [9.17, 15) is 15.0 Å². The van der Waals surface area contributed by atoms with Gasteiger partial charge < -0.3 is 19.7 Å². The molecule has 0 saturated heterocycles. The number of rotatable bonds is 5. The summed E-state index contributed by atoms with van der Waals surface area (Å²) in [6, 6.07) is 11.8. The first-order chi connectivity index (χ1) is 13.9. The third-order valence-corrected chi connectivity index (χ3v) is 5.20. The van der Waals surface area contributed by atoms with E-state index < -0.39 is 5.97 Å². The van der Waals surface area contributed by atoms with Crippen LogP contribution < -0.4 is 4.74 Å². The molecule has 150 valence electrons. The van der Waals surface area contributed by atoms with Gasteiger partial charge in [-0.05, 0) is 37.3 Å². The molecule has 3 rings (SSSR count). The van der Waals surface area contributed by atoms with Crippen molar-refractivity contribution in [2.75, 3.05) is 13.7 Å². The zero-order valence-electron chi connectivity index (χ0n) is 15.7. The Morgan fingerprint density at radius 2 is 2.00 bits per heavy atom. The molecular formula is C21H18ClNO5S. The van der Waals surface area contributed by atoms with Gasteiger partial charge in [0.05, 0.1) is 24.3 Å². The number of thioether (sulfide) groups is 1. The highest BCUT2D eigenvalue weighted by Crippen LogP contribution is 2.42. The van der Waals surface area contributed by atoms with Crippen molar-refractivity contribution in [3.05, 3.63) is 69.3 Å². The summed E-state index contributed by atoms with van der Waals surface area (Å²) in [7, 11) is 1.45. The lowest BCUT2D eigenvalue weighted by molar-refractivity contribution is -0.138. The van der Waals surface area contributed by atoms with Crippen molar-refractivity contribution in [1.82, 2.24) is 0 Å². The van der Waals surface area contributed by atoms with E-state index in [2.05, 4.69) is 4.99 Å². The van der Waals surface area contributed by atoms with Gasteiger partial charge in [-0.1, -0.05) is 41.6 Å². The Labute approximate surface area is 177 Å². The molecule has 8 heteroatoms. The zero-order valence-corrected chi connectivity index (χ0v) is 17.3. The second kappa shape index (κ2) is 9.07. The molecule has 0 radical (unpaired) electrons. The highest BCUT2D eigenvalue weighted by Gasteiger charge is 2.33. The average Bonchev–Trinajstić information content (AvgIpc) is 2.98. The maximum atomic E-state index is 12.4. The molecule has 0 atom stereocenters. The third-order valence-electron chi connectivity index (χ3n) is 3.95. The molecule has 0 unspecified atom stereocenters. The maximum absolute atomic E-state index is 12.4. The van der Waals surface area contributed by atoms with Gasteiger partial charge in [-0.3, -0.25) is 0 Å². The van der Waals surface area contributed by atoms with Crippen molar-refractivity contribution in [2.24, 2.45) is 4.99 Å². The highest BCUT2D eigenvalue weighted by molar-refractivity contribution is 8.18. The van der Waals surface area contributed by atoms with Gasteiger partial charge in [-0.2, -0.15) is 0 Å². The van der Waals surface area contributed by atoms with E-state index in [1.165, 1.54) is 7.11 Å². The first-order valence-electron chi connectivity index (χ1n) is 8.65. The monoisotopic (exact) mass is 431 g/mol. The van der Waals surface area contributed by atoms with Crippen molar-refractivity contribution in [2.45, 2.75) is 6.92 Å². The molecule has 0 fully saturated rings. The van der Waals surface area contributed by atoms with Gasteiger partial charge in [0.2, 0.25) is 0 Å². The van der Waals surface area contributed by atoms with Gasteiger partial charge in [0.25, 0.3) is 0 Å². The predicted octanol–water partition coefficient (Wildman–Crippen LogP) is 5.25. The number of methoxy groups -OCH3 is 1. The molecular weight excluding hydrogens is 414 g/mol. The summed E-state index contributed by atoms with van der Waals surface area (Å²) in [5.41, 5.74) is 0.913. The van der Waals surface area contributed by atoms with Gasteiger partial charge >= 0.3 is 5.97 Å². The number of benzene rings is 2. The van der Waals surface area contributed by atoms with Crippen LogP contribution in [0, 0.1) is 0 Å². The Balaban J connectivity index is 2.08. The number of para-hydroxylation sites is 1. The number of nitrogens with zero attached hydrogens (tertiary/aromatic N) is 1. The number of carbonyl (C=O) groups is 1. The topological polar surface area (TPSA) is 88.4 Å². The Morgan fingerprint density at radius 3 is 2.69 bits per heavy atom. The van der Waals surface area contributed by atoms with Crippen molar-refractivity contribution in [1.29, 1.82) is 0 Å². The van der Waals surface area contributed by atoms with E-state index in [0.717, 1.165) is 11.8 Å². The molecule has 0 spiro atoms. The van der Waals surface area contributed by atoms with E-state index >= 15 is 0 Å². The van der Waals surface area contributed by atoms with Crippen LogP contribution in [-0.4, -0.2) is 34.9 Å². The van der Waals surface area contributed by atoms with Gasteiger partial charge in [-0.15, -0.1) is 0 Å². The minimum absolute atomic E-state index is 0.0366. The number of aliphatic imine (C=N–C) groups is 1. The van der Waals surface area contributed by atoms with Crippen LogP contribution >= 0.6 is 23.4 Å². The Hall–Kier alpha value is -2.90. The van der Waals surface area contributed by atoms with Crippen LogP contribution in [0.15, 0.2) is 63.7 Å². The van der Waals surface area contributed by atoms with Crippen molar-refractivity contribution in [3.63, 3.8) is 0 Å². The lowest BCUT2D eigenvalue weighted by Gasteiger charge is -2.06. The highest BCUT2D eigenvalue weighted by atomic mass is 35.5. The number of ether oxygens (including phenoxy) is 2. The summed E-state index contributed by atoms with van der Waals surface area (Å²) in [6.07, 6.45) is 1.55. The summed E-state index contributed by atoms with van der Waals surface area (Å²) >= 11 is 7.10. The normalized spacial score (nSPS) is 16.5. The van der Waals surface area contributed by atoms with Crippen LogP contribution in [0.2, 0.25) is 5.02 Å². The van der Waals surface area contributed by atoms with E-state index in [1.54, 1.807) is 55.5 Å². The minimum atomic E-state index is -0.684. The summed E-state index contributed by atoms with van der Waals surface area (Å²) in [4.78, 5) is 17.2. The summed E-state index contributed by atoms with van der Waals surface area (Å²) in [5.74, 6) is -0.731. The molecule has 2 aromatic rings. The van der Waals surface area contributed by atoms with E-state index in [1.807, 2.05) is 0 Å². The minimum Gasteiger partial charge on any atom is -0.506 e. The number of aliphatic hydroxyl groups is 1. The molecule has 0 aliphatic carbocycles. The van der Waals surface area contributed by atoms with Crippen molar-refractivity contribution in [3.8, 4) is 11.5 Å². The number of hydrogen-bond donors (Lipinski definition) is 2. The number of phenolic OH excluding ortho intramolecular Hbond substituents is 1. The molecule has 1 aliphatic heterocycles. The fourth-order valence-corrected chi connectivity index (χ4v) is 3.83. The van der Waals surface area contributed by atoms with Crippen LogP contribution in [0.4, 0.5) is 5.69 Å². The second-order valence-corrected chi connectivity index (χ2v) is 7.32. The van der Waals surface area contributed by atoms with Gasteiger partial charge in [0.15, 0.2) is 11.5 Å². The lowest BCUT2D eigenvalue weighted by atomic mass is 10.1. The van der Waals surface area contributed by atoms with Crippen LogP contribution in [0.25, 0.3) is 6.08 Å². The first kappa shape index (κ1) is 20.8. The number of esters is 1. The number of aliphatic hydroxyl groups excluding tert-OH is 1. The molecule has 2 N–H and O–H groups in total. The maximum Gasteiger partial charge on any atom is 0.344 e. The average molecular weight is 432 g/mol. The van der Waals surface area contributed by atoms with Crippen LogP contribution in [0.1, 0.15) is 12.5 Å². The molecule has 0 bridgehead atoms. The SMILES string of the molecule is CCOC(=O)C1=C(O)/C(=C\c2cccc(OC)c2O)SC1=Nc1cccc(Cl)c1. The van der Waals surface area contributed by atoms with Crippen LogP contribution in [0.5, 0.6) is 11.5 Å². The third kappa shape index (κ3) is 4.58. The molecule has 0 saturated carbocycles. The number of carbonyl (C=O) groups excluding carboxylic acids is 1. The van der Waals surface area contributed by atoms with E-state index in [-0.39, 0.29) is 28.7 Å². The number of phenols is 1. The second-order valence-electron chi connectivity index (χ2n) is 5.85. The van der Waals surface area contributed by atoms with Gasteiger partial charge in [0.1, 0.15) is 16.4 Å². The van der Waals surface area contributed by atoms with Crippen molar-refractivity contribution < 1.29 is 24.5 Å². The van der Waals surface area contributed by atoms with E-state index in [0.29, 0.717) is 26.9 Å². The number of aromatic hydroxyl groups is 1. The zero-order chi connectivity index (χ0) is 21.0. The quantitative estimate of drug-likeness (QED) is 0.629. The Kier molecular flexibility index (Phi) is 6.51. The molecule has 6 nitrogen and oxygen atoms in total. The smallest absolute Gasteiger partial charge is 0.344 e. The molecule has 0 amide bonds. The van der Waals surface area contributed by atoms with E-state index in [4.69, 9.17) is 21.1 Å². The summed E-state index contributed by atoms with van der Waals surface area (Å²) < 4.78 is 10.2. The number of halogens is 1. The molecule has 1 aliphatic rings. The summed E-state index contributed by atoms with van der Waals surface area (Å²) in [5, 5.41) is 21.8. The molecule has 2 aromatic carbocycles. The van der Waals surface area contributed by atoms with Crippen LogP contribution in [-0.2, 0) is 9.53 Å². The van der Waals surface area contributed by atoms with Gasteiger partial charge in [-0.25, -0.2) is 9.79 Å². The molecule has 29 heavy (non-hydrogen) atoms. The molecule has 1 heterocycles. The summed E-state index contributed by atoms with van der Waals surface area (Å²) in [6.45, 7) is 1.83. The predicted molar refractivity (Wildman–Crippen MR) is 115 cm³/mol. The van der Waals surface area contributed by atoms with Gasteiger partial charge in [0, 0.05) is 10.6 Å². The Bertz CT molecular complexity index is 1050. The molecule has 0 aromatic heterocycles. The fourth-order valence-electron chi connectivity index (χ4n) is 2.62. The largest absolute Gasteiger partial charge is 0.506 e. The standard InChI is InChI=1S/C21H18ClNO5S/c1-3-28-21(26)17-19(25)16(10-12-6-4-9-15(27-2)18(12)24)29-20(17)23-14-8-5-7-13(22)11-14/h4-11,24-25H,3H2,1-2H3/b16-10+,23-20?. The Morgan fingerprint density at radius 1 is 1.24 bits per heavy atom. The van der Waals surface area contributed by atoms with Crippen LogP contribution in [0.3, 0.4) is 0 Å². The lowest BCUT2D eigenvalue weighted by Crippen LogP contribution is -2.12. The first-order valence-corrected chi connectivity index (χ1v) is 9.85. The van der Waals surface area contributed by atoms with Crippen molar-refractivity contribution >= 4 is 46.1 Å².